The Morgan fingerprint density at radius 1 is 1.09 bits per heavy atom. The van der Waals surface area contributed by atoms with Crippen molar-refractivity contribution in [3.05, 3.63) is 77.2 Å². The Morgan fingerprint density at radius 2 is 1.94 bits per heavy atom. The predicted octanol–water partition coefficient (Wildman–Crippen LogP) is 4.48. The van der Waals surface area contributed by atoms with E-state index in [0.29, 0.717) is 57.0 Å². The molecule has 7 nitrogen and oxygen atoms in total. The smallest absolute Gasteiger partial charge is 0.332 e. The lowest BCUT2D eigenvalue weighted by atomic mass is 10.0. The van der Waals surface area contributed by atoms with E-state index in [1.807, 2.05) is 6.92 Å². The summed E-state index contributed by atoms with van der Waals surface area (Å²) >= 11 is 0. The van der Waals surface area contributed by atoms with Gasteiger partial charge in [-0.3, -0.25) is 14.5 Å². The SMILES string of the molecule is CCOc1ccnc2[nH]c(=O)n(-c3ccc4ncc(-c5ccccc5F)c(OC)c4c3)c12. The molecular formula is C24H19FN4O3. The summed E-state index contributed by atoms with van der Waals surface area (Å²) in [6, 6.07) is 13.5. The van der Waals surface area contributed by atoms with Crippen LogP contribution in [0.15, 0.2) is 65.7 Å². The summed E-state index contributed by atoms with van der Waals surface area (Å²) in [6.45, 7) is 2.32. The van der Waals surface area contributed by atoms with E-state index in [1.54, 1.807) is 54.9 Å². The number of halogens is 1. The number of rotatable bonds is 5. The molecule has 3 heterocycles. The largest absolute Gasteiger partial charge is 0.495 e. The van der Waals surface area contributed by atoms with E-state index in [0.717, 1.165) is 0 Å². The van der Waals surface area contributed by atoms with Gasteiger partial charge in [-0.15, -0.1) is 0 Å². The van der Waals surface area contributed by atoms with Crippen LogP contribution in [0.4, 0.5) is 4.39 Å². The van der Waals surface area contributed by atoms with Gasteiger partial charge in [0.15, 0.2) is 5.65 Å². The van der Waals surface area contributed by atoms with E-state index in [2.05, 4.69) is 15.0 Å². The van der Waals surface area contributed by atoms with Crippen LogP contribution >= 0.6 is 0 Å². The number of hydrogen-bond donors (Lipinski definition) is 1. The second-order valence-corrected chi connectivity index (χ2v) is 7.09. The van der Waals surface area contributed by atoms with Crippen molar-refractivity contribution >= 4 is 22.1 Å². The molecule has 32 heavy (non-hydrogen) atoms. The minimum atomic E-state index is -0.372. The Hall–Kier alpha value is -4.20. The molecule has 0 bridgehead atoms. The fourth-order valence-corrected chi connectivity index (χ4v) is 3.91. The summed E-state index contributed by atoms with van der Waals surface area (Å²) in [5, 5.41) is 0.647. The van der Waals surface area contributed by atoms with E-state index in [1.165, 1.54) is 17.7 Å². The van der Waals surface area contributed by atoms with Gasteiger partial charge in [-0.1, -0.05) is 18.2 Å². The van der Waals surface area contributed by atoms with Gasteiger partial charge in [0.05, 0.1) is 24.9 Å². The van der Waals surface area contributed by atoms with Crippen LogP contribution in [-0.2, 0) is 0 Å². The normalized spacial score (nSPS) is 11.2. The summed E-state index contributed by atoms with van der Waals surface area (Å²) in [7, 11) is 1.53. The molecule has 0 aliphatic heterocycles. The zero-order valence-electron chi connectivity index (χ0n) is 17.4. The molecule has 0 saturated heterocycles. The highest BCUT2D eigenvalue weighted by Gasteiger charge is 2.18. The van der Waals surface area contributed by atoms with Gasteiger partial charge < -0.3 is 9.47 Å². The Labute approximate surface area is 182 Å². The van der Waals surface area contributed by atoms with Gasteiger partial charge >= 0.3 is 5.69 Å². The lowest BCUT2D eigenvalue weighted by Gasteiger charge is -2.14. The summed E-state index contributed by atoms with van der Waals surface area (Å²) in [5.41, 5.74) is 2.75. The first kappa shape index (κ1) is 19.7. The van der Waals surface area contributed by atoms with Crippen molar-refractivity contribution in [2.75, 3.05) is 13.7 Å². The first-order chi connectivity index (χ1) is 15.6. The van der Waals surface area contributed by atoms with Crippen LogP contribution in [-0.4, -0.2) is 33.2 Å². The number of pyridine rings is 2. The summed E-state index contributed by atoms with van der Waals surface area (Å²) in [5.74, 6) is 0.641. The van der Waals surface area contributed by atoms with Gasteiger partial charge in [0.2, 0.25) is 0 Å². The first-order valence-electron chi connectivity index (χ1n) is 10.1. The van der Waals surface area contributed by atoms with Crippen LogP contribution in [0.1, 0.15) is 6.92 Å². The van der Waals surface area contributed by atoms with Crippen LogP contribution in [0.3, 0.4) is 0 Å². The molecule has 5 rings (SSSR count). The maximum Gasteiger partial charge on any atom is 0.332 e. The minimum absolute atomic E-state index is 0.351. The van der Waals surface area contributed by atoms with Gasteiger partial charge in [0, 0.05) is 35.0 Å². The molecule has 160 valence electrons. The van der Waals surface area contributed by atoms with E-state index >= 15 is 0 Å². The molecular weight excluding hydrogens is 411 g/mol. The van der Waals surface area contributed by atoms with E-state index in [-0.39, 0.29) is 11.5 Å². The third-order valence-corrected chi connectivity index (χ3v) is 5.27. The Bertz CT molecular complexity index is 1520. The van der Waals surface area contributed by atoms with Gasteiger partial charge in [-0.05, 0) is 31.2 Å². The zero-order chi connectivity index (χ0) is 22.2. The third kappa shape index (κ3) is 3.08. The van der Waals surface area contributed by atoms with Crippen molar-refractivity contribution in [2.24, 2.45) is 0 Å². The van der Waals surface area contributed by atoms with Gasteiger partial charge in [0.1, 0.15) is 22.8 Å². The van der Waals surface area contributed by atoms with E-state index in [4.69, 9.17) is 9.47 Å². The fourth-order valence-electron chi connectivity index (χ4n) is 3.91. The molecule has 0 spiro atoms. The molecule has 0 radical (unpaired) electrons. The van der Waals surface area contributed by atoms with Crippen LogP contribution in [0.2, 0.25) is 0 Å². The maximum absolute atomic E-state index is 14.5. The molecule has 0 saturated carbocycles. The van der Waals surface area contributed by atoms with Crippen molar-refractivity contribution in [1.82, 2.24) is 19.5 Å². The molecule has 3 aromatic heterocycles. The Balaban J connectivity index is 1.79. The van der Waals surface area contributed by atoms with Crippen molar-refractivity contribution in [1.29, 1.82) is 0 Å². The standard InChI is InChI=1S/C24H19FN4O3/c1-3-32-20-10-11-26-23-21(20)29(24(30)28-23)14-8-9-19-16(12-14)22(31-2)17(13-27-19)15-6-4-5-7-18(15)25/h4-13H,3H2,1-2H3,(H,26,28,30). The van der Waals surface area contributed by atoms with Crippen molar-refractivity contribution < 1.29 is 13.9 Å². The maximum atomic E-state index is 14.5. The second-order valence-electron chi connectivity index (χ2n) is 7.09. The van der Waals surface area contributed by atoms with Crippen molar-refractivity contribution in [2.45, 2.75) is 6.92 Å². The Kier molecular flexibility index (Phi) is 4.82. The minimum Gasteiger partial charge on any atom is -0.495 e. The molecule has 0 aliphatic carbocycles. The molecule has 5 aromatic rings. The van der Waals surface area contributed by atoms with E-state index in [9.17, 15) is 9.18 Å². The summed E-state index contributed by atoms with van der Waals surface area (Å²) in [4.78, 5) is 24.3. The summed E-state index contributed by atoms with van der Waals surface area (Å²) < 4.78 is 27.4. The van der Waals surface area contributed by atoms with E-state index < -0.39 is 0 Å². The average molecular weight is 430 g/mol. The monoisotopic (exact) mass is 430 g/mol. The Morgan fingerprint density at radius 3 is 2.72 bits per heavy atom. The molecule has 2 aromatic carbocycles. The number of nitrogens with zero attached hydrogens (tertiary/aromatic N) is 3. The topological polar surface area (TPSA) is 82.0 Å². The fraction of sp³-hybridized carbons (Fsp3) is 0.125. The van der Waals surface area contributed by atoms with Crippen molar-refractivity contribution in [3.8, 4) is 28.3 Å². The molecule has 1 N–H and O–H groups in total. The number of benzene rings is 2. The number of fused-ring (bicyclic) bond motifs is 2. The highest BCUT2D eigenvalue weighted by Crippen LogP contribution is 2.37. The molecule has 0 aliphatic rings. The first-order valence-corrected chi connectivity index (χ1v) is 10.1. The van der Waals surface area contributed by atoms with Gasteiger partial charge in [-0.2, -0.15) is 0 Å². The molecule has 0 unspecified atom stereocenters. The number of imidazole rings is 1. The van der Waals surface area contributed by atoms with Crippen molar-refractivity contribution in [3.63, 3.8) is 0 Å². The third-order valence-electron chi connectivity index (χ3n) is 5.27. The number of H-pyrrole nitrogens is 1. The molecule has 8 heteroatoms. The van der Waals surface area contributed by atoms with Gasteiger partial charge in [-0.25, -0.2) is 14.2 Å². The highest BCUT2D eigenvalue weighted by molar-refractivity contribution is 5.94. The molecule has 0 amide bonds. The van der Waals surface area contributed by atoms with Crippen LogP contribution in [0, 0.1) is 5.82 Å². The highest BCUT2D eigenvalue weighted by atomic mass is 19.1. The lowest BCUT2D eigenvalue weighted by molar-refractivity contribution is 0.343. The lowest BCUT2D eigenvalue weighted by Crippen LogP contribution is -2.15. The second kappa shape index (κ2) is 7.81. The number of nitrogens with one attached hydrogen (secondary N) is 1. The molecule has 0 fully saturated rings. The predicted molar refractivity (Wildman–Crippen MR) is 120 cm³/mol. The van der Waals surface area contributed by atoms with Crippen LogP contribution in [0.25, 0.3) is 38.9 Å². The zero-order valence-corrected chi connectivity index (χ0v) is 17.4. The molecule has 0 atom stereocenters. The number of ether oxygens (including phenoxy) is 2. The van der Waals surface area contributed by atoms with Crippen LogP contribution in [0.5, 0.6) is 11.5 Å². The number of aromatic nitrogens is 4. The quantitative estimate of drug-likeness (QED) is 0.445. The number of aromatic amines is 1. The van der Waals surface area contributed by atoms with Crippen LogP contribution < -0.4 is 15.2 Å². The number of hydrogen-bond acceptors (Lipinski definition) is 5. The number of methoxy groups -OCH3 is 1. The average Bonchev–Trinajstić information content (AvgIpc) is 3.15. The van der Waals surface area contributed by atoms with Gasteiger partial charge in [0.25, 0.3) is 0 Å². The summed E-state index contributed by atoms with van der Waals surface area (Å²) in [6.07, 6.45) is 3.18.